The number of carbonyl (C=O) groups is 1. The van der Waals surface area contributed by atoms with Crippen LogP contribution in [0.5, 0.6) is 0 Å². The molecule has 1 fully saturated rings. The number of nitrogens with zero attached hydrogens (tertiary/aromatic N) is 3. The number of hydrogen-bond donors (Lipinski definition) is 0. The molecule has 0 aromatic heterocycles. The van der Waals surface area contributed by atoms with Crippen LogP contribution in [-0.4, -0.2) is 34.9 Å². The van der Waals surface area contributed by atoms with E-state index in [2.05, 4.69) is 4.90 Å². The van der Waals surface area contributed by atoms with E-state index in [1.165, 1.54) is 6.92 Å². The fourth-order valence-corrected chi connectivity index (χ4v) is 4.31. The smallest absolute Gasteiger partial charge is 0.283 e. The predicted octanol–water partition coefficient (Wildman–Crippen LogP) is 2.41. The van der Waals surface area contributed by atoms with Crippen molar-refractivity contribution in [2.24, 2.45) is 0 Å². The predicted molar refractivity (Wildman–Crippen MR) is 93.8 cm³/mol. The van der Waals surface area contributed by atoms with E-state index in [0.717, 1.165) is 5.56 Å². The van der Waals surface area contributed by atoms with Crippen LogP contribution in [0.2, 0.25) is 0 Å². The minimum Gasteiger partial charge on any atom is -0.300 e. The fourth-order valence-electron chi connectivity index (χ4n) is 4.31. The molecule has 0 aliphatic carbocycles. The third-order valence-electron chi connectivity index (χ3n) is 5.30. The van der Waals surface area contributed by atoms with Crippen molar-refractivity contribution in [2.45, 2.75) is 25.0 Å². The molecule has 6 nitrogen and oxygen atoms in total. The standard InChI is InChI=1S/C19H19N3O3/c1-14(23)21-17-10-6-5-9-16(17)19(22(24)25)13-20(12-18(19)21)11-15-7-3-2-4-8-15/h2-10,18H,11-13H2,1H3/t18-,19+/m0/s1. The van der Waals surface area contributed by atoms with Crippen LogP contribution >= 0.6 is 0 Å². The van der Waals surface area contributed by atoms with Crippen LogP contribution in [-0.2, 0) is 16.9 Å². The summed E-state index contributed by atoms with van der Waals surface area (Å²) in [6.45, 7) is 2.91. The van der Waals surface area contributed by atoms with Gasteiger partial charge in [0.25, 0.3) is 5.54 Å². The Morgan fingerprint density at radius 3 is 2.56 bits per heavy atom. The van der Waals surface area contributed by atoms with E-state index in [0.29, 0.717) is 30.9 Å². The van der Waals surface area contributed by atoms with Crippen LogP contribution in [0.1, 0.15) is 18.1 Å². The van der Waals surface area contributed by atoms with Crippen LogP contribution in [0.3, 0.4) is 0 Å². The molecule has 6 heteroatoms. The molecule has 25 heavy (non-hydrogen) atoms. The Labute approximate surface area is 145 Å². The number of para-hydroxylation sites is 1. The molecule has 2 atom stereocenters. The number of benzene rings is 2. The van der Waals surface area contributed by atoms with E-state index >= 15 is 0 Å². The van der Waals surface area contributed by atoms with Crippen molar-refractivity contribution in [3.8, 4) is 0 Å². The van der Waals surface area contributed by atoms with Crippen LogP contribution in [0.25, 0.3) is 0 Å². The normalized spacial score (nSPS) is 24.8. The topological polar surface area (TPSA) is 66.7 Å². The Kier molecular flexibility index (Phi) is 3.58. The molecule has 2 heterocycles. The molecule has 0 unspecified atom stereocenters. The van der Waals surface area contributed by atoms with Crippen molar-refractivity contribution in [3.05, 3.63) is 75.8 Å². The van der Waals surface area contributed by atoms with Crippen molar-refractivity contribution >= 4 is 11.6 Å². The number of fused-ring (bicyclic) bond motifs is 3. The first kappa shape index (κ1) is 15.8. The number of nitro groups is 1. The lowest BCUT2D eigenvalue weighted by Gasteiger charge is -2.24. The second kappa shape index (κ2) is 5.67. The lowest BCUT2D eigenvalue weighted by molar-refractivity contribution is -0.575. The van der Waals surface area contributed by atoms with Gasteiger partial charge < -0.3 is 4.90 Å². The third kappa shape index (κ3) is 2.25. The summed E-state index contributed by atoms with van der Waals surface area (Å²) in [5.41, 5.74) is 1.19. The highest BCUT2D eigenvalue weighted by Gasteiger charge is 2.66. The van der Waals surface area contributed by atoms with E-state index in [1.807, 2.05) is 48.5 Å². The Morgan fingerprint density at radius 2 is 1.88 bits per heavy atom. The Hall–Kier alpha value is -2.73. The van der Waals surface area contributed by atoms with Crippen molar-refractivity contribution in [3.63, 3.8) is 0 Å². The highest BCUT2D eigenvalue weighted by molar-refractivity contribution is 5.95. The molecule has 1 amide bonds. The van der Waals surface area contributed by atoms with Crippen molar-refractivity contribution in [2.75, 3.05) is 18.0 Å². The van der Waals surface area contributed by atoms with E-state index in [-0.39, 0.29) is 10.8 Å². The van der Waals surface area contributed by atoms with Gasteiger partial charge in [-0.15, -0.1) is 0 Å². The average Bonchev–Trinajstić information content (AvgIpc) is 3.08. The zero-order valence-corrected chi connectivity index (χ0v) is 14.0. The number of anilines is 1. The van der Waals surface area contributed by atoms with Gasteiger partial charge in [0.2, 0.25) is 5.91 Å². The molecule has 0 saturated carbocycles. The van der Waals surface area contributed by atoms with Crippen LogP contribution in [0.4, 0.5) is 5.69 Å². The molecule has 0 bridgehead atoms. The zero-order chi connectivity index (χ0) is 17.6. The molecule has 2 aliphatic rings. The molecule has 128 valence electrons. The molecule has 1 saturated heterocycles. The highest BCUT2D eigenvalue weighted by atomic mass is 16.6. The van der Waals surface area contributed by atoms with Gasteiger partial charge >= 0.3 is 0 Å². The van der Waals surface area contributed by atoms with Gasteiger partial charge in [0.1, 0.15) is 6.04 Å². The van der Waals surface area contributed by atoms with Gasteiger partial charge in [0, 0.05) is 24.9 Å². The number of amides is 1. The van der Waals surface area contributed by atoms with Crippen molar-refractivity contribution in [1.29, 1.82) is 0 Å². The quantitative estimate of drug-likeness (QED) is 0.637. The fraction of sp³-hybridized carbons (Fsp3) is 0.316. The minimum absolute atomic E-state index is 0.150. The molecule has 0 N–H and O–H groups in total. The molecule has 4 rings (SSSR count). The second-order valence-corrected chi connectivity index (χ2v) is 6.76. The first-order chi connectivity index (χ1) is 12.0. The lowest BCUT2D eigenvalue weighted by Crippen LogP contribution is -2.50. The van der Waals surface area contributed by atoms with Gasteiger partial charge in [-0.2, -0.15) is 0 Å². The summed E-state index contributed by atoms with van der Waals surface area (Å²) in [6, 6.07) is 16.7. The van der Waals surface area contributed by atoms with Crippen molar-refractivity contribution < 1.29 is 9.72 Å². The molecular weight excluding hydrogens is 318 g/mol. The molecule has 0 spiro atoms. The first-order valence-electron chi connectivity index (χ1n) is 8.34. The van der Waals surface area contributed by atoms with E-state index in [4.69, 9.17) is 0 Å². The van der Waals surface area contributed by atoms with Gasteiger partial charge in [-0.1, -0.05) is 42.5 Å². The lowest BCUT2D eigenvalue weighted by atomic mass is 9.89. The van der Waals surface area contributed by atoms with Gasteiger partial charge in [-0.05, 0) is 17.7 Å². The van der Waals surface area contributed by atoms with Gasteiger partial charge in [-0.3, -0.25) is 19.8 Å². The molecule has 2 aromatic carbocycles. The Morgan fingerprint density at radius 1 is 1.20 bits per heavy atom. The largest absolute Gasteiger partial charge is 0.300 e. The Bertz CT molecular complexity index is 839. The molecule has 2 aromatic rings. The first-order valence-corrected chi connectivity index (χ1v) is 8.34. The molecular formula is C19H19N3O3. The van der Waals surface area contributed by atoms with Gasteiger partial charge in [0.15, 0.2) is 0 Å². The maximum atomic E-state index is 12.3. The van der Waals surface area contributed by atoms with Crippen LogP contribution in [0, 0.1) is 10.1 Å². The number of carbonyl (C=O) groups excluding carboxylic acids is 1. The minimum atomic E-state index is -1.25. The summed E-state index contributed by atoms with van der Waals surface area (Å²) < 4.78 is 0. The van der Waals surface area contributed by atoms with E-state index in [1.54, 1.807) is 11.0 Å². The Balaban J connectivity index is 1.75. The third-order valence-corrected chi connectivity index (χ3v) is 5.30. The second-order valence-electron chi connectivity index (χ2n) is 6.76. The number of rotatable bonds is 3. The van der Waals surface area contributed by atoms with Crippen molar-refractivity contribution in [1.82, 2.24) is 4.90 Å². The van der Waals surface area contributed by atoms with Crippen LogP contribution in [0.15, 0.2) is 54.6 Å². The van der Waals surface area contributed by atoms with E-state index < -0.39 is 11.6 Å². The maximum absolute atomic E-state index is 12.3. The summed E-state index contributed by atoms with van der Waals surface area (Å²) in [4.78, 5) is 27.9. The summed E-state index contributed by atoms with van der Waals surface area (Å²) >= 11 is 0. The number of likely N-dealkylation sites (tertiary alicyclic amines) is 1. The van der Waals surface area contributed by atoms with Gasteiger partial charge in [-0.25, -0.2) is 0 Å². The summed E-state index contributed by atoms with van der Waals surface area (Å²) in [7, 11) is 0. The molecule has 0 radical (unpaired) electrons. The SMILES string of the molecule is CC(=O)N1c2ccccc2[C@]2([N+](=O)[O-])CN(Cc3ccccc3)C[C@H]12. The molecule has 2 aliphatic heterocycles. The van der Waals surface area contributed by atoms with Gasteiger partial charge in [0.05, 0.1) is 17.8 Å². The summed E-state index contributed by atoms with van der Waals surface area (Å²) in [5, 5.41) is 12.2. The number of hydrogen-bond acceptors (Lipinski definition) is 4. The monoisotopic (exact) mass is 337 g/mol. The average molecular weight is 337 g/mol. The summed E-state index contributed by atoms with van der Waals surface area (Å²) in [5.74, 6) is -0.150. The van der Waals surface area contributed by atoms with Crippen LogP contribution < -0.4 is 4.90 Å². The maximum Gasteiger partial charge on any atom is 0.283 e. The summed E-state index contributed by atoms with van der Waals surface area (Å²) in [6.07, 6.45) is 0. The highest BCUT2D eigenvalue weighted by Crippen LogP contribution is 2.49. The zero-order valence-electron chi connectivity index (χ0n) is 14.0. The van der Waals surface area contributed by atoms with E-state index in [9.17, 15) is 14.9 Å².